The van der Waals surface area contributed by atoms with E-state index in [9.17, 15) is 4.79 Å². The Kier molecular flexibility index (Phi) is 3.86. The molecule has 0 saturated carbocycles. The first-order valence-corrected chi connectivity index (χ1v) is 4.93. The second kappa shape index (κ2) is 4.94. The van der Waals surface area contributed by atoms with Crippen LogP contribution in [0.15, 0.2) is 30.3 Å². The van der Waals surface area contributed by atoms with Gasteiger partial charge in [-0.1, -0.05) is 30.3 Å². The molecule has 0 radical (unpaired) electrons. The number of carbonyl (C=O) groups excluding carboxylic acids is 1. The molecular formula is C12H16O3. The minimum Gasteiger partial charge on any atom is -0.464 e. The van der Waals surface area contributed by atoms with Crippen LogP contribution in [0, 0.1) is 0 Å². The molecule has 0 heterocycles. The van der Waals surface area contributed by atoms with Gasteiger partial charge in [0.05, 0.1) is 6.61 Å². The third-order valence-corrected chi connectivity index (χ3v) is 2.40. The first kappa shape index (κ1) is 11.7. The molecule has 1 atom stereocenters. The van der Waals surface area contributed by atoms with Crippen molar-refractivity contribution in [2.45, 2.75) is 19.4 Å². The van der Waals surface area contributed by atoms with E-state index < -0.39 is 5.60 Å². The Morgan fingerprint density at radius 2 is 1.93 bits per heavy atom. The zero-order valence-electron chi connectivity index (χ0n) is 9.32. The van der Waals surface area contributed by atoms with Gasteiger partial charge in [0.1, 0.15) is 0 Å². The molecule has 0 bridgehead atoms. The third kappa shape index (κ3) is 2.36. The third-order valence-electron chi connectivity index (χ3n) is 2.40. The number of hydrogen-bond acceptors (Lipinski definition) is 3. The molecule has 1 aromatic carbocycles. The molecule has 0 amide bonds. The van der Waals surface area contributed by atoms with Crippen molar-refractivity contribution in [2.75, 3.05) is 13.7 Å². The minimum atomic E-state index is -1.02. The van der Waals surface area contributed by atoms with Crippen LogP contribution in [-0.2, 0) is 19.9 Å². The lowest BCUT2D eigenvalue weighted by atomic mass is 9.96. The fourth-order valence-electron chi connectivity index (χ4n) is 1.34. The van der Waals surface area contributed by atoms with E-state index in [-0.39, 0.29) is 5.97 Å². The summed E-state index contributed by atoms with van der Waals surface area (Å²) >= 11 is 0. The number of hydrogen-bond donors (Lipinski definition) is 0. The molecule has 3 nitrogen and oxygen atoms in total. The highest BCUT2D eigenvalue weighted by atomic mass is 16.6. The van der Waals surface area contributed by atoms with Gasteiger partial charge in [-0.25, -0.2) is 4.79 Å². The van der Waals surface area contributed by atoms with Crippen molar-refractivity contribution >= 4 is 5.97 Å². The SMILES string of the molecule is CCOC(=O)C(C)(OC)c1ccccc1. The van der Waals surface area contributed by atoms with Gasteiger partial charge in [-0.2, -0.15) is 0 Å². The first-order chi connectivity index (χ1) is 7.15. The zero-order valence-corrected chi connectivity index (χ0v) is 9.32. The van der Waals surface area contributed by atoms with Gasteiger partial charge in [0, 0.05) is 7.11 Å². The topological polar surface area (TPSA) is 35.5 Å². The number of methoxy groups -OCH3 is 1. The summed E-state index contributed by atoms with van der Waals surface area (Å²) in [5.74, 6) is -0.362. The quantitative estimate of drug-likeness (QED) is 0.711. The zero-order chi connectivity index (χ0) is 11.3. The van der Waals surface area contributed by atoms with Crippen molar-refractivity contribution in [1.82, 2.24) is 0 Å². The van der Waals surface area contributed by atoms with Crippen LogP contribution in [0.3, 0.4) is 0 Å². The standard InChI is InChI=1S/C12H16O3/c1-4-15-11(13)12(2,14-3)10-8-6-5-7-9-10/h5-9H,4H2,1-3H3. The Morgan fingerprint density at radius 3 is 2.40 bits per heavy atom. The van der Waals surface area contributed by atoms with Crippen LogP contribution in [0.1, 0.15) is 19.4 Å². The van der Waals surface area contributed by atoms with Crippen LogP contribution in [0.4, 0.5) is 0 Å². The van der Waals surface area contributed by atoms with Gasteiger partial charge in [0.15, 0.2) is 5.60 Å². The maximum atomic E-state index is 11.7. The number of benzene rings is 1. The maximum absolute atomic E-state index is 11.7. The predicted molar refractivity (Wildman–Crippen MR) is 57.4 cm³/mol. The lowest BCUT2D eigenvalue weighted by Crippen LogP contribution is -2.36. The molecule has 0 aliphatic rings. The predicted octanol–water partition coefficient (Wildman–Crippen LogP) is 2.11. The number of rotatable bonds is 4. The van der Waals surface area contributed by atoms with E-state index in [2.05, 4.69) is 0 Å². The molecule has 0 aliphatic carbocycles. The van der Waals surface area contributed by atoms with E-state index in [1.807, 2.05) is 30.3 Å². The number of esters is 1. The van der Waals surface area contributed by atoms with Crippen LogP contribution in [0.25, 0.3) is 0 Å². The van der Waals surface area contributed by atoms with Gasteiger partial charge >= 0.3 is 5.97 Å². The van der Waals surface area contributed by atoms with Crippen LogP contribution in [-0.4, -0.2) is 19.7 Å². The van der Waals surface area contributed by atoms with Crippen molar-refractivity contribution in [2.24, 2.45) is 0 Å². The molecule has 0 saturated heterocycles. The lowest BCUT2D eigenvalue weighted by molar-refractivity contribution is -0.168. The fourth-order valence-corrected chi connectivity index (χ4v) is 1.34. The van der Waals surface area contributed by atoms with E-state index in [1.165, 1.54) is 7.11 Å². The molecule has 1 aromatic rings. The van der Waals surface area contributed by atoms with Gasteiger partial charge in [0.2, 0.25) is 0 Å². The van der Waals surface area contributed by atoms with Crippen molar-refractivity contribution in [3.8, 4) is 0 Å². The Balaban J connectivity index is 3.00. The second-order valence-corrected chi connectivity index (χ2v) is 3.32. The Morgan fingerprint density at radius 1 is 1.33 bits per heavy atom. The summed E-state index contributed by atoms with van der Waals surface area (Å²) in [5, 5.41) is 0. The summed E-state index contributed by atoms with van der Waals surface area (Å²) in [6.07, 6.45) is 0. The first-order valence-electron chi connectivity index (χ1n) is 4.93. The summed E-state index contributed by atoms with van der Waals surface area (Å²) in [5.41, 5.74) is -0.219. The highest BCUT2D eigenvalue weighted by Gasteiger charge is 2.36. The molecule has 1 rings (SSSR count). The molecule has 0 aromatic heterocycles. The van der Waals surface area contributed by atoms with E-state index in [1.54, 1.807) is 13.8 Å². The lowest BCUT2D eigenvalue weighted by Gasteiger charge is -2.25. The smallest absolute Gasteiger partial charge is 0.342 e. The van der Waals surface area contributed by atoms with Gasteiger partial charge in [-0.15, -0.1) is 0 Å². The maximum Gasteiger partial charge on any atom is 0.342 e. The monoisotopic (exact) mass is 208 g/mol. The molecule has 0 fully saturated rings. The summed E-state index contributed by atoms with van der Waals surface area (Å²) in [6.45, 7) is 3.84. The minimum absolute atomic E-state index is 0.352. The molecule has 15 heavy (non-hydrogen) atoms. The van der Waals surface area contributed by atoms with E-state index in [0.717, 1.165) is 5.56 Å². The van der Waals surface area contributed by atoms with Crippen molar-refractivity contribution in [3.05, 3.63) is 35.9 Å². The summed E-state index contributed by atoms with van der Waals surface area (Å²) < 4.78 is 10.3. The van der Waals surface area contributed by atoms with Crippen molar-refractivity contribution in [3.63, 3.8) is 0 Å². The van der Waals surface area contributed by atoms with Crippen LogP contribution >= 0.6 is 0 Å². The fraction of sp³-hybridized carbons (Fsp3) is 0.417. The summed E-state index contributed by atoms with van der Waals surface area (Å²) in [7, 11) is 1.50. The molecule has 0 spiro atoms. The normalized spacial score (nSPS) is 14.3. The molecule has 0 N–H and O–H groups in total. The van der Waals surface area contributed by atoms with Crippen LogP contribution in [0.2, 0.25) is 0 Å². The average molecular weight is 208 g/mol. The molecule has 0 aliphatic heterocycles. The molecular weight excluding hydrogens is 192 g/mol. The highest BCUT2D eigenvalue weighted by Crippen LogP contribution is 2.25. The second-order valence-electron chi connectivity index (χ2n) is 3.32. The van der Waals surface area contributed by atoms with E-state index in [4.69, 9.17) is 9.47 Å². The molecule has 1 unspecified atom stereocenters. The van der Waals surface area contributed by atoms with E-state index >= 15 is 0 Å². The summed E-state index contributed by atoms with van der Waals surface area (Å²) in [4.78, 5) is 11.7. The average Bonchev–Trinajstić information content (AvgIpc) is 2.29. The largest absolute Gasteiger partial charge is 0.464 e. The van der Waals surface area contributed by atoms with Gasteiger partial charge in [0.25, 0.3) is 0 Å². The Bertz CT molecular complexity index is 321. The molecule has 82 valence electrons. The van der Waals surface area contributed by atoms with Crippen LogP contribution in [0.5, 0.6) is 0 Å². The Hall–Kier alpha value is -1.35. The number of carbonyl (C=O) groups is 1. The van der Waals surface area contributed by atoms with Gasteiger partial charge in [-0.05, 0) is 19.4 Å². The molecule has 3 heteroatoms. The van der Waals surface area contributed by atoms with E-state index in [0.29, 0.717) is 6.61 Å². The van der Waals surface area contributed by atoms with Gasteiger partial charge in [-0.3, -0.25) is 0 Å². The highest BCUT2D eigenvalue weighted by molar-refractivity contribution is 5.80. The van der Waals surface area contributed by atoms with Gasteiger partial charge < -0.3 is 9.47 Å². The summed E-state index contributed by atoms with van der Waals surface area (Å²) in [6, 6.07) is 9.32. The van der Waals surface area contributed by atoms with Crippen molar-refractivity contribution in [1.29, 1.82) is 0 Å². The number of ether oxygens (including phenoxy) is 2. The van der Waals surface area contributed by atoms with Crippen molar-refractivity contribution < 1.29 is 14.3 Å². The Labute approximate surface area is 90.0 Å². The van der Waals surface area contributed by atoms with Crippen LogP contribution < -0.4 is 0 Å².